The molecule has 0 saturated carbocycles. The molecule has 32 heavy (non-hydrogen) atoms. The first-order chi connectivity index (χ1) is 15.1. The van der Waals surface area contributed by atoms with Crippen LogP contribution in [0.25, 0.3) is 0 Å². The summed E-state index contributed by atoms with van der Waals surface area (Å²) in [6.07, 6.45) is 0. The van der Waals surface area contributed by atoms with E-state index in [0.29, 0.717) is 11.3 Å². The van der Waals surface area contributed by atoms with Gasteiger partial charge in [-0.3, -0.25) is 14.3 Å². The molecule has 0 fully saturated rings. The summed E-state index contributed by atoms with van der Waals surface area (Å²) in [4.78, 5) is 25.9. The number of hydrogen-bond acceptors (Lipinski definition) is 4. The highest BCUT2D eigenvalue weighted by Crippen LogP contribution is 2.26. The maximum absolute atomic E-state index is 13.1. The lowest BCUT2D eigenvalue weighted by Gasteiger charge is -2.13. The standard InChI is InChI=1S/C22H19ClFN3O4S/c1-27(2)22(29)15-4-3-5-18(12-15)25-21(28)14-6-11-19(23)20(13-14)32(30,31)26-17-9-7-16(24)8-10-17/h3-13,26H,1-2H3,(H,25,28). The second-order valence-corrected chi connectivity index (χ2v) is 9.05. The molecular formula is C22H19ClFN3O4S. The van der Waals surface area contributed by atoms with E-state index in [-0.39, 0.29) is 27.1 Å². The van der Waals surface area contributed by atoms with Gasteiger partial charge in [0, 0.05) is 36.6 Å². The third-order valence-corrected chi connectivity index (χ3v) is 6.22. The van der Waals surface area contributed by atoms with Crippen LogP contribution in [-0.2, 0) is 10.0 Å². The lowest BCUT2D eigenvalue weighted by molar-refractivity contribution is 0.0827. The van der Waals surface area contributed by atoms with E-state index >= 15 is 0 Å². The fraction of sp³-hybridized carbons (Fsp3) is 0.0909. The largest absolute Gasteiger partial charge is 0.345 e. The minimum Gasteiger partial charge on any atom is -0.345 e. The summed E-state index contributed by atoms with van der Waals surface area (Å²) in [5.74, 6) is -1.33. The van der Waals surface area contributed by atoms with Crippen LogP contribution in [0.5, 0.6) is 0 Å². The maximum atomic E-state index is 13.1. The lowest BCUT2D eigenvalue weighted by atomic mass is 10.1. The predicted molar refractivity (Wildman–Crippen MR) is 121 cm³/mol. The first kappa shape index (κ1) is 23.2. The molecule has 3 aromatic carbocycles. The highest BCUT2D eigenvalue weighted by atomic mass is 35.5. The van der Waals surface area contributed by atoms with Gasteiger partial charge in [-0.1, -0.05) is 17.7 Å². The Labute approximate surface area is 189 Å². The zero-order chi connectivity index (χ0) is 23.5. The van der Waals surface area contributed by atoms with Crippen LogP contribution in [0.3, 0.4) is 0 Å². The van der Waals surface area contributed by atoms with Crippen LogP contribution < -0.4 is 10.0 Å². The van der Waals surface area contributed by atoms with Crippen molar-refractivity contribution < 1.29 is 22.4 Å². The van der Waals surface area contributed by atoms with Crippen LogP contribution in [0.15, 0.2) is 71.6 Å². The minimum atomic E-state index is -4.15. The summed E-state index contributed by atoms with van der Waals surface area (Å²) in [7, 11) is -0.919. The molecule has 0 bridgehead atoms. The van der Waals surface area contributed by atoms with E-state index in [1.165, 1.54) is 35.2 Å². The third kappa shape index (κ3) is 5.43. The van der Waals surface area contributed by atoms with Gasteiger partial charge in [-0.15, -0.1) is 0 Å². The van der Waals surface area contributed by atoms with E-state index in [4.69, 9.17) is 11.6 Å². The molecule has 0 aromatic heterocycles. The molecule has 2 amide bonds. The Kier molecular flexibility index (Phi) is 6.81. The monoisotopic (exact) mass is 475 g/mol. The molecule has 166 valence electrons. The SMILES string of the molecule is CN(C)C(=O)c1cccc(NC(=O)c2ccc(Cl)c(S(=O)(=O)Nc3ccc(F)cc3)c2)c1. The number of rotatable bonds is 6. The zero-order valence-corrected chi connectivity index (χ0v) is 18.7. The number of carbonyl (C=O) groups excluding carboxylic acids is 2. The molecule has 10 heteroatoms. The molecule has 7 nitrogen and oxygen atoms in total. The lowest BCUT2D eigenvalue weighted by Crippen LogP contribution is -2.22. The van der Waals surface area contributed by atoms with Gasteiger partial charge < -0.3 is 10.2 Å². The normalized spacial score (nSPS) is 11.0. The zero-order valence-electron chi connectivity index (χ0n) is 17.1. The quantitative estimate of drug-likeness (QED) is 0.557. The molecule has 3 aromatic rings. The molecule has 0 unspecified atom stereocenters. The van der Waals surface area contributed by atoms with E-state index in [0.717, 1.165) is 18.2 Å². The van der Waals surface area contributed by atoms with Gasteiger partial charge in [0.15, 0.2) is 0 Å². The van der Waals surface area contributed by atoms with Gasteiger partial charge in [0.2, 0.25) is 0 Å². The van der Waals surface area contributed by atoms with Crippen LogP contribution in [0, 0.1) is 5.82 Å². The van der Waals surface area contributed by atoms with E-state index in [9.17, 15) is 22.4 Å². The Morgan fingerprint density at radius 2 is 1.59 bits per heavy atom. The number of anilines is 2. The van der Waals surface area contributed by atoms with Gasteiger partial charge in [0.05, 0.1) is 5.02 Å². The van der Waals surface area contributed by atoms with Gasteiger partial charge in [-0.25, -0.2) is 12.8 Å². The summed E-state index contributed by atoms with van der Waals surface area (Å²) in [5, 5.41) is 2.55. The number of hydrogen-bond donors (Lipinski definition) is 2. The van der Waals surface area contributed by atoms with Crippen molar-refractivity contribution in [3.8, 4) is 0 Å². The molecule has 2 N–H and O–H groups in total. The van der Waals surface area contributed by atoms with E-state index < -0.39 is 21.7 Å². The van der Waals surface area contributed by atoms with Crippen molar-refractivity contribution in [2.24, 2.45) is 0 Å². The molecule has 0 aliphatic rings. The fourth-order valence-corrected chi connectivity index (χ4v) is 4.36. The first-order valence-electron chi connectivity index (χ1n) is 9.28. The fourth-order valence-electron chi connectivity index (χ4n) is 2.77. The number of halogens is 2. The van der Waals surface area contributed by atoms with E-state index in [1.807, 2.05) is 0 Å². The number of sulfonamides is 1. The summed E-state index contributed by atoms with van der Waals surface area (Å²) >= 11 is 6.07. The Hall–Kier alpha value is -3.43. The second-order valence-electron chi connectivity index (χ2n) is 6.99. The Balaban J connectivity index is 1.85. The van der Waals surface area contributed by atoms with Crippen molar-refractivity contribution in [2.45, 2.75) is 4.90 Å². The third-order valence-electron chi connectivity index (χ3n) is 4.35. The number of benzene rings is 3. The van der Waals surface area contributed by atoms with Crippen molar-refractivity contribution in [3.63, 3.8) is 0 Å². The van der Waals surface area contributed by atoms with Gasteiger partial charge in [-0.2, -0.15) is 0 Å². The highest BCUT2D eigenvalue weighted by molar-refractivity contribution is 7.92. The number of amides is 2. The average Bonchev–Trinajstić information content (AvgIpc) is 2.75. The molecular weight excluding hydrogens is 457 g/mol. The van der Waals surface area contributed by atoms with Crippen LogP contribution in [0.1, 0.15) is 20.7 Å². The van der Waals surface area contributed by atoms with Crippen LogP contribution in [-0.4, -0.2) is 39.2 Å². The Bertz CT molecular complexity index is 1280. The van der Waals surface area contributed by atoms with Crippen molar-refractivity contribution in [1.29, 1.82) is 0 Å². The van der Waals surface area contributed by atoms with Gasteiger partial charge in [-0.05, 0) is 60.7 Å². The summed E-state index contributed by atoms with van der Waals surface area (Å²) in [6, 6.07) is 14.9. The van der Waals surface area contributed by atoms with Crippen LogP contribution >= 0.6 is 11.6 Å². The summed E-state index contributed by atoms with van der Waals surface area (Å²) < 4.78 is 40.9. The Morgan fingerprint density at radius 3 is 2.25 bits per heavy atom. The number of carbonyl (C=O) groups is 2. The molecule has 0 spiro atoms. The first-order valence-corrected chi connectivity index (χ1v) is 11.1. The summed E-state index contributed by atoms with van der Waals surface area (Å²) in [5.41, 5.74) is 0.931. The van der Waals surface area contributed by atoms with Gasteiger partial charge in [0.1, 0.15) is 10.7 Å². The van der Waals surface area contributed by atoms with E-state index in [2.05, 4.69) is 10.0 Å². The van der Waals surface area contributed by atoms with Crippen molar-refractivity contribution in [2.75, 3.05) is 24.1 Å². The van der Waals surface area contributed by atoms with Crippen molar-refractivity contribution in [3.05, 3.63) is 88.7 Å². The summed E-state index contributed by atoms with van der Waals surface area (Å²) in [6.45, 7) is 0. The molecule has 0 aliphatic carbocycles. The number of nitrogens with zero attached hydrogens (tertiary/aromatic N) is 1. The van der Waals surface area contributed by atoms with Gasteiger partial charge in [0.25, 0.3) is 21.8 Å². The molecule has 3 rings (SSSR count). The smallest absolute Gasteiger partial charge is 0.263 e. The molecule has 0 radical (unpaired) electrons. The topological polar surface area (TPSA) is 95.6 Å². The molecule has 0 aliphatic heterocycles. The van der Waals surface area contributed by atoms with Crippen LogP contribution in [0.4, 0.5) is 15.8 Å². The molecule has 0 saturated heterocycles. The predicted octanol–water partition coefficient (Wildman–Crippen LogP) is 4.23. The maximum Gasteiger partial charge on any atom is 0.263 e. The molecule has 0 heterocycles. The van der Waals surface area contributed by atoms with Crippen LogP contribution in [0.2, 0.25) is 5.02 Å². The van der Waals surface area contributed by atoms with Crippen molar-refractivity contribution in [1.82, 2.24) is 4.90 Å². The highest BCUT2D eigenvalue weighted by Gasteiger charge is 2.21. The average molecular weight is 476 g/mol. The van der Waals surface area contributed by atoms with Gasteiger partial charge >= 0.3 is 0 Å². The Morgan fingerprint density at radius 1 is 0.906 bits per heavy atom. The van der Waals surface area contributed by atoms with Crippen molar-refractivity contribution >= 4 is 44.8 Å². The van der Waals surface area contributed by atoms with E-state index in [1.54, 1.807) is 32.3 Å². The molecule has 0 atom stereocenters. The minimum absolute atomic E-state index is 0.0400. The number of nitrogens with one attached hydrogen (secondary N) is 2. The second kappa shape index (κ2) is 9.37.